The summed E-state index contributed by atoms with van der Waals surface area (Å²) in [6.07, 6.45) is 1.46. The molecule has 1 fully saturated rings. The monoisotopic (exact) mass is 337 g/mol. The molecule has 1 aliphatic rings. The van der Waals surface area contributed by atoms with Crippen LogP contribution in [0.15, 0.2) is 18.2 Å². The Labute approximate surface area is 139 Å². The molecule has 0 atom stereocenters. The Kier molecular flexibility index (Phi) is 4.65. The molecule has 0 aromatic carbocycles. The molecule has 0 spiro atoms. The van der Waals surface area contributed by atoms with E-state index in [1.807, 2.05) is 19.9 Å². The first-order valence-electron chi connectivity index (χ1n) is 8.33. The normalized spacial score (nSPS) is 18.0. The molecule has 1 saturated carbocycles. The zero-order valence-electron chi connectivity index (χ0n) is 14.0. The van der Waals surface area contributed by atoms with Gasteiger partial charge in [-0.15, -0.1) is 0 Å². The minimum atomic E-state index is -2.53. The van der Waals surface area contributed by atoms with Crippen LogP contribution in [0.5, 0.6) is 0 Å². The van der Waals surface area contributed by atoms with Gasteiger partial charge >= 0.3 is 0 Å². The summed E-state index contributed by atoms with van der Waals surface area (Å²) in [6, 6.07) is 5.37. The van der Waals surface area contributed by atoms with Crippen LogP contribution in [0.4, 0.5) is 13.2 Å². The van der Waals surface area contributed by atoms with Crippen LogP contribution in [0.1, 0.15) is 48.3 Å². The smallest absolute Gasteiger partial charge is 0.246 e. The predicted molar refractivity (Wildman–Crippen MR) is 86.3 cm³/mol. The molecular formula is C18H22F3N3. The van der Waals surface area contributed by atoms with Gasteiger partial charge in [-0.3, -0.25) is 0 Å². The summed E-state index contributed by atoms with van der Waals surface area (Å²) in [5.41, 5.74) is 3.10. The Bertz CT molecular complexity index is 714. The van der Waals surface area contributed by atoms with Crippen LogP contribution >= 0.6 is 0 Å². The van der Waals surface area contributed by atoms with Gasteiger partial charge in [0.1, 0.15) is 6.67 Å². The van der Waals surface area contributed by atoms with Crippen LogP contribution in [0.2, 0.25) is 0 Å². The number of rotatable bonds is 4. The van der Waals surface area contributed by atoms with Crippen molar-refractivity contribution in [2.75, 3.05) is 0 Å². The average molecular weight is 337 g/mol. The summed E-state index contributed by atoms with van der Waals surface area (Å²) in [6.45, 7) is 3.24. The van der Waals surface area contributed by atoms with E-state index >= 15 is 0 Å². The van der Waals surface area contributed by atoms with E-state index < -0.39 is 12.6 Å². The Morgan fingerprint density at radius 1 is 1.17 bits per heavy atom. The van der Waals surface area contributed by atoms with Gasteiger partial charge in [0.2, 0.25) is 5.92 Å². The van der Waals surface area contributed by atoms with E-state index in [2.05, 4.69) is 10.1 Å². The molecule has 0 aliphatic heterocycles. The van der Waals surface area contributed by atoms with E-state index in [0.29, 0.717) is 30.6 Å². The second-order valence-electron chi connectivity index (χ2n) is 6.80. The van der Waals surface area contributed by atoms with Crippen molar-refractivity contribution in [3.05, 3.63) is 40.8 Å². The maximum absolute atomic E-state index is 13.3. The highest BCUT2D eigenvalue weighted by atomic mass is 19.3. The number of halogens is 3. The lowest BCUT2D eigenvalue weighted by molar-refractivity contribution is -0.0457. The topological polar surface area (TPSA) is 30.7 Å². The van der Waals surface area contributed by atoms with Crippen molar-refractivity contribution >= 4 is 0 Å². The predicted octanol–water partition coefficient (Wildman–Crippen LogP) is 4.72. The average Bonchev–Trinajstić information content (AvgIpc) is 2.88. The number of nitrogens with zero attached hydrogens (tertiary/aromatic N) is 3. The van der Waals surface area contributed by atoms with Crippen molar-refractivity contribution in [3.63, 3.8) is 0 Å². The summed E-state index contributed by atoms with van der Waals surface area (Å²) >= 11 is 0. The minimum Gasteiger partial charge on any atom is -0.246 e. The number of pyridine rings is 1. The molecule has 24 heavy (non-hydrogen) atoms. The van der Waals surface area contributed by atoms with Gasteiger partial charge in [0.05, 0.1) is 5.69 Å². The fraction of sp³-hybridized carbons (Fsp3) is 0.556. The third-order valence-electron chi connectivity index (χ3n) is 4.64. The molecule has 2 aromatic rings. The second-order valence-corrected chi connectivity index (χ2v) is 6.80. The third-order valence-corrected chi connectivity index (χ3v) is 4.64. The van der Waals surface area contributed by atoms with Gasteiger partial charge < -0.3 is 0 Å². The lowest BCUT2D eigenvalue weighted by atomic mass is 9.84. The van der Waals surface area contributed by atoms with Crippen LogP contribution in [-0.4, -0.2) is 20.7 Å². The molecule has 0 bridgehead atoms. The zero-order chi connectivity index (χ0) is 17.3. The molecule has 130 valence electrons. The van der Waals surface area contributed by atoms with Gasteiger partial charge in [-0.25, -0.2) is 22.8 Å². The summed E-state index contributed by atoms with van der Waals surface area (Å²) in [5.74, 6) is -1.76. The third kappa shape index (κ3) is 3.79. The molecule has 0 unspecified atom stereocenters. The van der Waals surface area contributed by atoms with Gasteiger partial charge in [0.15, 0.2) is 5.82 Å². The van der Waals surface area contributed by atoms with E-state index in [4.69, 9.17) is 0 Å². The lowest BCUT2D eigenvalue weighted by Crippen LogP contribution is -2.25. The molecule has 0 N–H and O–H groups in total. The van der Waals surface area contributed by atoms with Crippen LogP contribution in [0.3, 0.4) is 0 Å². The fourth-order valence-corrected chi connectivity index (χ4v) is 3.38. The molecular weight excluding hydrogens is 315 g/mol. The van der Waals surface area contributed by atoms with Crippen LogP contribution < -0.4 is 0 Å². The molecule has 0 radical (unpaired) electrons. The van der Waals surface area contributed by atoms with Crippen LogP contribution in [0.25, 0.3) is 5.82 Å². The maximum Gasteiger partial charge on any atom is 0.248 e. The SMILES string of the molecule is Cc1cc(C)n(-c2cc(CF)cc(CC3CCC(F)(F)CC3)n2)n1. The largest absolute Gasteiger partial charge is 0.248 e. The number of aromatic nitrogens is 3. The Morgan fingerprint density at radius 3 is 2.46 bits per heavy atom. The second kappa shape index (κ2) is 6.57. The van der Waals surface area contributed by atoms with Crippen molar-refractivity contribution in [2.45, 2.75) is 58.5 Å². The van der Waals surface area contributed by atoms with E-state index in [9.17, 15) is 13.2 Å². The zero-order valence-corrected chi connectivity index (χ0v) is 14.0. The molecule has 0 saturated heterocycles. The summed E-state index contributed by atoms with van der Waals surface area (Å²) in [4.78, 5) is 4.60. The maximum atomic E-state index is 13.3. The number of alkyl halides is 3. The van der Waals surface area contributed by atoms with Gasteiger partial charge in [-0.2, -0.15) is 5.10 Å². The molecule has 2 aromatic heterocycles. The van der Waals surface area contributed by atoms with E-state index in [0.717, 1.165) is 17.1 Å². The fourth-order valence-electron chi connectivity index (χ4n) is 3.38. The highest BCUT2D eigenvalue weighted by Gasteiger charge is 2.34. The lowest BCUT2D eigenvalue weighted by Gasteiger charge is -2.28. The van der Waals surface area contributed by atoms with Gasteiger partial charge in [0.25, 0.3) is 0 Å². The summed E-state index contributed by atoms with van der Waals surface area (Å²) in [7, 11) is 0. The van der Waals surface area contributed by atoms with Crippen molar-refractivity contribution in [3.8, 4) is 5.82 Å². The first kappa shape index (κ1) is 17.0. The molecule has 1 aliphatic carbocycles. The number of aryl methyl sites for hydroxylation is 2. The standard InChI is InChI=1S/C18H22F3N3/c1-12-7-13(2)24(23-12)17-10-15(11-19)9-16(22-17)8-14-3-5-18(20,21)6-4-14/h7,9-10,14H,3-6,8,11H2,1-2H3. The van der Waals surface area contributed by atoms with Crippen molar-refractivity contribution in [1.82, 2.24) is 14.8 Å². The number of hydrogen-bond donors (Lipinski definition) is 0. The summed E-state index contributed by atoms with van der Waals surface area (Å²) in [5, 5.41) is 4.40. The Hall–Kier alpha value is -1.85. The first-order valence-corrected chi connectivity index (χ1v) is 8.33. The molecule has 3 rings (SSSR count). The number of hydrogen-bond acceptors (Lipinski definition) is 2. The Balaban J connectivity index is 1.83. The highest BCUT2D eigenvalue weighted by molar-refractivity contribution is 5.32. The molecule has 0 amide bonds. The van der Waals surface area contributed by atoms with E-state index in [1.54, 1.807) is 16.8 Å². The van der Waals surface area contributed by atoms with Gasteiger partial charge in [-0.1, -0.05) is 0 Å². The Morgan fingerprint density at radius 2 is 1.88 bits per heavy atom. The van der Waals surface area contributed by atoms with Gasteiger partial charge in [-0.05, 0) is 62.8 Å². The van der Waals surface area contributed by atoms with Crippen LogP contribution in [0, 0.1) is 19.8 Å². The summed E-state index contributed by atoms with van der Waals surface area (Å²) < 4.78 is 41.5. The van der Waals surface area contributed by atoms with Crippen molar-refractivity contribution < 1.29 is 13.2 Å². The minimum absolute atomic E-state index is 0.0647. The molecule has 6 heteroatoms. The molecule has 3 nitrogen and oxygen atoms in total. The van der Waals surface area contributed by atoms with E-state index in [1.165, 1.54) is 0 Å². The first-order chi connectivity index (χ1) is 11.4. The van der Waals surface area contributed by atoms with Crippen molar-refractivity contribution in [1.29, 1.82) is 0 Å². The quantitative estimate of drug-likeness (QED) is 0.808. The van der Waals surface area contributed by atoms with E-state index in [-0.39, 0.29) is 18.8 Å². The van der Waals surface area contributed by atoms with Crippen molar-refractivity contribution in [2.24, 2.45) is 5.92 Å². The highest BCUT2D eigenvalue weighted by Crippen LogP contribution is 2.37. The molecule has 2 heterocycles. The van der Waals surface area contributed by atoms with Gasteiger partial charge in [0, 0.05) is 24.2 Å². The van der Waals surface area contributed by atoms with Crippen LogP contribution in [-0.2, 0) is 13.1 Å².